The lowest BCUT2D eigenvalue weighted by Gasteiger charge is -2.24. The molecule has 5 rings (SSSR count). The lowest BCUT2D eigenvalue weighted by molar-refractivity contribution is -0.122. The van der Waals surface area contributed by atoms with Gasteiger partial charge in [0.05, 0.1) is 17.5 Å². The fraction of sp³-hybridized carbons (Fsp3) is 0.227. The number of carbonyl (C=O) groups excluding carboxylic acids is 1. The number of aromatic amines is 1. The Hall–Kier alpha value is -3.41. The number of amides is 1. The zero-order valence-electron chi connectivity index (χ0n) is 15.5. The monoisotopic (exact) mass is 372 g/mol. The molecule has 0 atom stereocenters. The van der Waals surface area contributed by atoms with E-state index in [1.165, 1.54) is 0 Å². The number of aromatic nitrogens is 3. The third kappa shape index (κ3) is 2.97. The molecule has 0 saturated heterocycles. The fourth-order valence-corrected chi connectivity index (χ4v) is 3.49. The van der Waals surface area contributed by atoms with E-state index in [0.29, 0.717) is 5.89 Å². The van der Waals surface area contributed by atoms with Crippen LogP contribution in [0.25, 0.3) is 33.8 Å². The largest absolute Gasteiger partial charge is 0.436 e. The summed E-state index contributed by atoms with van der Waals surface area (Å²) < 4.78 is 5.94. The second-order valence-corrected chi connectivity index (χ2v) is 7.35. The van der Waals surface area contributed by atoms with Gasteiger partial charge < -0.3 is 9.73 Å². The van der Waals surface area contributed by atoms with Gasteiger partial charge in [-0.3, -0.25) is 9.89 Å². The number of nitrogens with one attached hydrogen (secondary N) is 2. The first-order chi connectivity index (χ1) is 13.7. The Balaban J connectivity index is 1.48. The molecule has 4 aromatic rings. The van der Waals surface area contributed by atoms with Crippen molar-refractivity contribution in [2.45, 2.75) is 26.2 Å². The van der Waals surface area contributed by atoms with Gasteiger partial charge >= 0.3 is 0 Å². The number of hydrogen-bond donors (Lipinski definition) is 2. The van der Waals surface area contributed by atoms with Crippen molar-refractivity contribution in [2.24, 2.45) is 5.92 Å². The lowest BCUT2D eigenvalue weighted by Crippen LogP contribution is -2.27. The molecule has 2 heterocycles. The number of H-pyrrole nitrogens is 1. The number of aryl methyl sites for hydroxylation is 1. The molecule has 1 amide bonds. The molecule has 28 heavy (non-hydrogen) atoms. The number of rotatable bonds is 4. The maximum absolute atomic E-state index is 12.3. The summed E-state index contributed by atoms with van der Waals surface area (Å²) in [6, 6.07) is 13.7. The van der Waals surface area contributed by atoms with E-state index < -0.39 is 0 Å². The highest BCUT2D eigenvalue weighted by Gasteiger charge is 2.25. The van der Waals surface area contributed by atoms with Crippen molar-refractivity contribution >= 4 is 22.7 Å². The Morgan fingerprint density at radius 1 is 1.21 bits per heavy atom. The van der Waals surface area contributed by atoms with Gasteiger partial charge in [-0.25, -0.2) is 4.98 Å². The number of fused-ring (bicyclic) bond motifs is 1. The highest BCUT2D eigenvalue weighted by atomic mass is 16.3. The number of nitrogens with zero attached hydrogens (tertiary/aromatic N) is 2. The number of anilines is 1. The molecular formula is C22H20N4O2. The van der Waals surface area contributed by atoms with Crippen LogP contribution in [0, 0.1) is 12.8 Å². The first-order valence-electron chi connectivity index (χ1n) is 9.49. The molecule has 2 N–H and O–H groups in total. The molecule has 1 saturated carbocycles. The van der Waals surface area contributed by atoms with Crippen LogP contribution < -0.4 is 5.32 Å². The average Bonchev–Trinajstić information content (AvgIpc) is 3.26. The first kappa shape index (κ1) is 16.7. The second-order valence-electron chi connectivity index (χ2n) is 7.35. The van der Waals surface area contributed by atoms with Crippen molar-refractivity contribution in [1.29, 1.82) is 0 Å². The third-order valence-corrected chi connectivity index (χ3v) is 5.31. The van der Waals surface area contributed by atoms with Crippen molar-refractivity contribution in [3.8, 4) is 22.7 Å². The van der Waals surface area contributed by atoms with Crippen LogP contribution in [0.5, 0.6) is 0 Å². The molecule has 1 aliphatic rings. The van der Waals surface area contributed by atoms with Crippen LogP contribution in [0.3, 0.4) is 0 Å². The number of hydrogen-bond acceptors (Lipinski definition) is 4. The number of carbonyl (C=O) groups is 1. The van der Waals surface area contributed by atoms with Crippen LogP contribution >= 0.6 is 0 Å². The summed E-state index contributed by atoms with van der Waals surface area (Å²) >= 11 is 0. The smallest absolute Gasteiger partial charge is 0.231 e. The zero-order chi connectivity index (χ0) is 19.1. The topological polar surface area (TPSA) is 83.8 Å². The van der Waals surface area contributed by atoms with E-state index in [2.05, 4.69) is 20.5 Å². The summed E-state index contributed by atoms with van der Waals surface area (Å²) in [7, 11) is 0. The average molecular weight is 372 g/mol. The minimum atomic E-state index is 0.0996. The summed E-state index contributed by atoms with van der Waals surface area (Å²) in [5.41, 5.74) is 5.99. The van der Waals surface area contributed by atoms with Gasteiger partial charge in [-0.05, 0) is 49.6 Å². The quantitative estimate of drug-likeness (QED) is 0.532. The molecule has 0 bridgehead atoms. The molecule has 140 valence electrons. The number of oxazole rings is 1. The molecule has 6 heteroatoms. The molecule has 1 aliphatic carbocycles. The SMILES string of the molecule is Cc1ccc2oc(-c3cn[nH]c3-c3cccc(NC(=O)C4CCC4)c3)nc2c1. The summed E-state index contributed by atoms with van der Waals surface area (Å²) in [4.78, 5) is 16.9. The fourth-order valence-electron chi connectivity index (χ4n) is 3.49. The van der Waals surface area contributed by atoms with E-state index >= 15 is 0 Å². The van der Waals surface area contributed by atoms with Crippen LogP contribution in [0.2, 0.25) is 0 Å². The lowest BCUT2D eigenvalue weighted by atomic mass is 9.85. The predicted octanol–water partition coefficient (Wildman–Crippen LogP) is 4.93. The molecule has 2 aromatic heterocycles. The van der Waals surface area contributed by atoms with Gasteiger partial charge in [0, 0.05) is 17.2 Å². The molecule has 0 spiro atoms. The first-order valence-corrected chi connectivity index (χ1v) is 9.49. The molecular weight excluding hydrogens is 352 g/mol. The van der Waals surface area contributed by atoms with Gasteiger partial charge in [-0.2, -0.15) is 5.10 Å². The maximum atomic E-state index is 12.3. The Labute approximate surface area is 162 Å². The van der Waals surface area contributed by atoms with E-state index in [1.807, 2.05) is 49.4 Å². The highest BCUT2D eigenvalue weighted by Crippen LogP contribution is 2.33. The minimum absolute atomic E-state index is 0.0996. The van der Waals surface area contributed by atoms with E-state index in [9.17, 15) is 4.79 Å². The van der Waals surface area contributed by atoms with Gasteiger partial charge in [0.2, 0.25) is 11.8 Å². The van der Waals surface area contributed by atoms with E-state index in [-0.39, 0.29) is 11.8 Å². The summed E-state index contributed by atoms with van der Waals surface area (Å²) in [6.45, 7) is 2.03. The Kier molecular flexibility index (Phi) is 3.97. The molecule has 1 fully saturated rings. The van der Waals surface area contributed by atoms with E-state index in [4.69, 9.17) is 4.42 Å². The molecule has 0 unspecified atom stereocenters. The normalized spacial score (nSPS) is 14.2. The van der Waals surface area contributed by atoms with E-state index in [0.717, 1.165) is 58.4 Å². The molecule has 2 aromatic carbocycles. The van der Waals surface area contributed by atoms with Crippen molar-refractivity contribution < 1.29 is 9.21 Å². The summed E-state index contributed by atoms with van der Waals surface area (Å²) in [5.74, 6) is 0.769. The summed E-state index contributed by atoms with van der Waals surface area (Å²) in [6.07, 6.45) is 4.81. The number of benzene rings is 2. The van der Waals surface area contributed by atoms with Gasteiger partial charge in [-0.15, -0.1) is 0 Å². The molecule has 6 nitrogen and oxygen atoms in total. The van der Waals surface area contributed by atoms with Crippen LogP contribution in [-0.4, -0.2) is 21.1 Å². The van der Waals surface area contributed by atoms with Crippen LogP contribution in [0.4, 0.5) is 5.69 Å². The van der Waals surface area contributed by atoms with Gasteiger partial charge in [0.1, 0.15) is 5.52 Å². The zero-order valence-corrected chi connectivity index (χ0v) is 15.5. The van der Waals surface area contributed by atoms with Gasteiger partial charge in [0.15, 0.2) is 5.58 Å². The molecule has 0 radical (unpaired) electrons. The maximum Gasteiger partial charge on any atom is 0.231 e. The predicted molar refractivity (Wildman–Crippen MR) is 108 cm³/mol. The second kappa shape index (κ2) is 6.64. The van der Waals surface area contributed by atoms with Gasteiger partial charge in [-0.1, -0.05) is 24.6 Å². The Bertz CT molecular complexity index is 1170. The van der Waals surface area contributed by atoms with Crippen molar-refractivity contribution in [1.82, 2.24) is 15.2 Å². The third-order valence-electron chi connectivity index (χ3n) is 5.31. The van der Waals surface area contributed by atoms with Crippen molar-refractivity contribution in [2.75, 3.05) is 5.32 Å². The van der Waals surface area contributed by atoms with E-state index in [1.54, 1.807) is 6.20 Å². The highest BCUT2D eigenvalue weighted by molar-refractivity contribution is 5.94. The summed E-state index contributed by atoms with van der Waals surface area (Å²) in [5, 5.41) is 10.3. The van der Waals surface area contributed by atoms with Crippen LogP contribution in [0.15, 0.2) is 53.1 Å². The Morgan fingerprint density at radius 3 is 2.93 bits per heavy atom. The molecule has 0 aliphatic heterocycles. The van der Waals surface area contributed by atoms with Crippen molar-refractivity contribution in [3.63, 3.8) is 0 Å². The standard InChI is InChI=1S/C22H20N4O2/c1-13-8-9-19-18(10-13)25-22(28-19)17-12-23-26-20(17)15-6-3-7-16(11-15)24-21(27)14-4-2-5-14/h3,6-12,14H,2,4-5H2,1H3,(H,23,26)(H,24,27). The van der Waals surface area contributed by atoms with Crippen molar-refractivity contribution in [3.05, 3.63) is 54.2 Å². The minimum Gasteiger partial charge on any atom is -0.436 e. The van der Waals surface area contributed by atoms with Gasteiger partial charge in [0.25, 0.3) is 0 Å². The van der Waals surface area contributed by atoms with Crippen LogP contribution in [0.1, 0.15) is 24.8 Å². The Morgan fingerprint density at radius 2 is 2.11 bits per heavy atom. The van der Waals surface area contributed by atoms with Crippen LogP contribution in [-0.2, 0) is 4.79 Å².